The van der Waals surface area contributed by atoms with Crippen molar-refractivity contribution < 1.29 is 9.72 Å². The molecule has 0 saturated carbocycles. The maximum absolute atomic E-state index is 11.8. The van der Waals surface area contributed by atoms with E-state index in [2.05, 4.69) is 0 Å². The van der Waals surface area contributed by atoms with Gasteiger partial charge in [0, 0.05) is 13.0 Å². The molecule has 1 aromatic heterocycles. The molecule has 1 atom stereocenters. The van der Waals surface area contributed by atoms with Crippen LogP contribution < -0.4 is 11.2 Å². The third kappa shape index (κ3) is 2.95. The Hall–Kier alpha value is -2.25. The highest BCUT2D eigenvalue weighted by atomic mass is 16.6. The molecule has 8 heteroatoms. The second kappa shape index (κ2) is 5.59. The van der Waals surface area contributed by atoms with Crippen molar-refractivity contribution in [3.8, 4) is 0 Å². The summed E-state index contributed by atoms with van der Waals surface area (Å²) in [5.74, 6) is -0.613. The quantitative estimate of drug-likeness (QED) is 0.555. The number of aryl methyl sites for hydroxylation is 1. The van der Waals surface area contributed by atoms with Crippen LogP contribution in [0.25, 0.3) is 0 Å². The first-order valence-corrected chi connectivity index (χ1v) is 5.77. The number of aromatic nitrogens is 2. The summed E-state index contributed by atoms with van der Waals surface area (Å²) >= 11 is 0. The molecule has 1 unspecified atom stereocenters. The Morgan fingerprint density at radius 3 is 2.53 bits per heavy atom. The van der Waals surface area contributed by atoms with Gasteiger partial charge in [-0.25, -0.2) is 9.36 Å². The van der Waals surface area contributed by atoms with Gasteiger partial charge in [-0.2, -0.15) is 0 Å². The predicted octanol–water partition coefficient (Wildman–Crippen LogP) is 0.0704. The van der Waals surface area contributed by atoms with Crippen molar-refractivity contribution in [1.29, 1.82) is 0 Å². The fourth-order valence-corrected chi connectivity index (χ4v) is 1.51. The number of nitrogens with zero attached hydrogens (tertiary/aromatic N) is 3. The van der Waals surface area contributed by atoms with Crippen LogP contribution in [0.3, 0.4) is 0 Å². The molecule has 1 rings (SSSR count). The zero-order valence-electron chi connectivity index (χ0n) is 11.0. The molecule has 0 spiro atoms. The topological polar surface area (TPSA) is 104 Å². The minimum atomic E-state index is -1.05. The van der Waals surface area contributed by atoms with Crippen LogP contribution in [0.4, 0.5) is 5.69 Å². The van der Waals surface area contributed by atoms with E-state index in [1.54, 1.807) is 13.8 Å². The maximum atomic E-state index is 11.8. The molecule has 0 aromatic carbocycles. The van der Waals surface area contributed by atoms with Gasteiger partial charge in [0.25, 0.3) is 0 Å². The van der Waals surface area contributed by atoms with Crippen LogP contribution in [0.5, 0.6) is 0 Å². The van der Waals surface area contributed by atoms with Gasteiger partial charge in [-0.15, -0.1) is 0 Å². The molecule has 19 heavy (non-hydrogen) atoms. The Bertz CT molecular complexity index is 628. The highest BCUT2D eigenvalue weighted by molar-refractivity contribution is 5.80. The van der Waals surface area contributed by atoms with Gasteiger partial charge >= 0.3 is 16.9 Å². The maximum Gasteiger partial charge on any atom is 0.350 e. The lowest BCUT2D eigenvalue weighted by Gasteiger charge is -2.09. The number of rotatable bonds is 5. The van der Waals surface area contributed by atoms with E-state index in [9.17, 15) is 24.5 Å². The van der Waals surface area contributed by atoms with Crippen LogP contribution >= 0.6 is 0 Å². The van der Waals surface area contributed by atoms with Crippen molar-refractivity contribution in [3.05, 3.63) is 37.1 Å². The van der Waals surface area contributed by atoms with E-state index in [0.29, 0.717) is 11.0 Å². The van der Waals surface area contributed by atoms with Gasteiger partial charge in [0.2, 0.25) is 0 Å². The Labute approximate surface area is 108 Å². The fourth-order valence-electron chi connectivity index (χ4n) is 1.51. The van der Waals surface area contributed by atoms with Crippen LogP contribution in [0.1, 0.15) is 20.3 Å². The van der Waals surface area contributed by atoms with E-state index in [-0.39, 0.29) is 11.7 Å². The lowest BCUT2D eigenvalue weighted by atomic mass is 10.0. The lowest BCUT2D eigenvalue weighted by molar-refractivity contribution is -0.387. The van der Waals surface area contributed by atoms with E-state index in [0.717, 1.165) is 10.8 Å². The minimum absolute atomic E-state index is 0.304. The number of hydrogen-bond acceptors (Lipinski definition) is 5. The van der Waals surface area contributed by atoms with Crippen molar-refractivity contribution in [2.24, 2.45) is 13.0 Å². The Morgan fingerprint density at radius 2 is 2.05 bits per heavy atom. The Balaban J connectivity index is 3.36. The number of carbonyl (C=O) groups excluding carboxylic acids is 1. The summed E-state index contributed by atoms with van der Waals surface area (Å²) < 4.78 is 1.52. The Kier molecular flexibility index (Phi) is 4.36. The largest absolute Gasteiger partial charge is 0.350 e. The fraction of sp³-hybridized carbons (Fsp3) is 0.545. The third-order valence-corrected chi connectivity index (χ3v) is 2.99. The molecule has 1 aromatic rings. The summed E-state index contributed by atoms with van der Waals surface area (Å²) in [5, 5.41) is 10.7. The van der Waals surface area contributed by atoms with E-state index in [4.69, 9.17) is 0 Å². The van der Waals surface area contributed by atoms with Crippen molar-refractivity contribution >= 4 is 11.5 Å². The first-order chi connectivity index (χ1) is 8.79. The summed E-state index contributed by atoms with van der Waals surface area (Å²) in [6, 6.07) is 0. The molecule has 8 nitrogen and oxygen atoms in total. The second-order valence-electron chi connectivity index (χ2n) is 4.33. The molecule has 0 radical (unpaired) electrons. The molecule has 104 valence electrons. The summed E-state index contributed by atoms with van der Waals surface area (Å²) in [6.45, 7) is 3.04. The zero-order chi connectivity index (χ0) is 14.7. The molecule has 0 N–H and O–H groups in total. The van der Waals surface area contributed by atoms with Gasteiger partial charge < -0.3 is 0 Å². The summed E-state index contributed by atoms with van der Waals surface area (Å²) in [4.78, 5) is 45.1. The predicted molar refractivity (Wildman–Crippen MR) is 67.1 cm³/mol. The number of ketones is 1. The molecule has 0 bridgehead atoms. The molecular weight excluding hydrogens is 254 g/mol. The highest BCUT2D eigenvalue weighted by Crippen LogP contribution is 2.04. The van der Waals surface area contributed by atoms with Crippen LogP contribution in [-0.2, 0) is 18.4 Å². The van der Waals surface area contributed by atoms with Gasteiger partial charge in [0.15, 0.2) is 5.78 Å². The van der Waals surface area contributed by atoms with Crippen molar-refractivity contribution in [2.75, 3.05) is 0 Å². The molecule has 0 saturated heterocycles. The van der Waals surface area contributed by atoms with Gasteiger partial charge in [0.05, 0.1) is 17.7 Å². The molecule has 1 heterocycles. The van der Waals surface area contributed by atoms with E-state index in [1.807, 2.05) is 0 Å². The van der Waals surface area contributed by atoms with Gasteiger partial charge in [-0.1, -0.05) is 13.8 Å². The summed E-state index contributed by atoms with van der Waals surface area (Å²) in [5.41, 5.74) is -2.52. The number of nitro groups is 1. The van der Waals surface area contributed by atoms with Crippen LogP contribution in [0, 0.1) is 16.0 Å². The monoisotopic (exact) mass is 269 g/mol. The zero-order valence-corrected chi connectivity index (χ0v) is 11.0. The second-order valence-corrected chi connectivity index (χ2v) is 4.33. The van der Waals surface area contributed by atoms with Crippen molar-refractivity contribution in [2.45, 2.75) is 26.8 Å². The Morgan fingerprint density at radius 1 is 1.47 bits per heavy atom. The van der Waals surface area contributed by atoms with E-state index >= 15 is 0 Å². The summed E-state index contributed by atoms with van der Waals surface area (Å²) in [6.07, 6.45) is 1.43. The molecule has 0 aliphatic heterocycles. The first kappa shape index (κ1) is 14.8. The van der Waals surface area contributed by atoms with E-state index in [1.165, 1.54) is 7.05 Å². The SMILES string of the molecule is CCC(C)C(=O)Cn1c(=O)c([N+](=O)[O-])cn(C)c1=O. The van der Waals surface area contributed by atoms with Crippen molar-refractivity contribution in [1.82, 2.24) is 9.13 Å². The van der Waals surface area contributed by atoms with Crippen LogP contribution in [0.15, 0.2) is 15.8 Å². The minimum Gasteiger partial charge on any atom is -0.297 e. The smallest absolute Gasteiger partial charge is 0.297 e. The average Bonchev–Trinajstić information content (AvgIpc) is 2.37. The van der Waals surface area contributed by atoms with Gasteiger partial charge in [-0.3, -0.25) is 24.3 Å². The molecule has 0 amide bonds. The molecule has 0 aliphatic rings. The lowest BCUT2D eigenvalue weighted by Crippen LogP contribution is -2.41. The highest BCUT2D eigenvalue weighted by Gasteiger charge is 2.21. The van der Waals surface area contributed by atoms with E-state index < -0.39 is 28.4 Å². The molecular formula is C11H15N3O5. The van der Waals surface area contributed by atoms with Crippen molar-refractivity contribution in [3.63, 3.8) is 0 Å². The first-order valence-electron chi connectivity index (χ1n) is 5.77. The summed E-state index contributed by atoms with van der Waals surface area (Å²) in [7, 11) is 1.29. The van der Waals surface area contributed by atoms with Gasteiger partial charge in [0.1, 0.15) is 0 Å². The number of hydrogen-bond donors (Lipinski definition) is 0. The standard InChI is InChI=1S/C11H15N3O5/c1-4-7(2)9(15)6-13-10(16)8(14(18)19)5-12(3)11(13)17/h5,7H,4,6H2,1-3H3. The average molecular weight is 269 g/mol. The number of Topliss-reactive ketones (excluding diaryl/α,β-unsaturated/α-hetero) is 1. The molecule has 0 aliphatic carbocycles. The number of carbonyl (C=O) groups is 1. The van der Waals surface area contributed by atoms with Crippen LogP contribution in [0.2, 0.25) is 0 Å². The normalized spacial score (nSPS) is 12.2. The molecule has 0 fully saturated rings. The van der Waals surface area contributed by atoms with Gasteiger partial charge in [-0.05, 0) is 6.42 Å². The third-order valence-electron chi connectivity index (χ3n) is 2.99. The van der Waals surface area contributed by atoms with Crippen LogP contribution in [-0.4, -0.2) is 19.8 Å².